The van der Waals surface area contributed by atoms with Crippen molar-refractivity contribution in [2.45, 2.75) is 55.9 Å². The lowest BCUT2D eigenvalue weighted by Gasteiger charge is -2.39. The number of aliphatic hydroxyl groups excluding tert-OH is 1. The lowest BCUT2D eigenvalue weighted by Crippen LogP contribution is -2.61. The summed E-state index contributed by atoms with van der Waals surface area (Å²) in [6.07, 6.45) is -3.63. The SMILES string of the molecule is COC(=O)[C@H]1C[C@@H](O)[C@]2(O)C(=O)[C@]3(C[C@H](OC(=O)c4ccccc4)[C@H](C)CO3)O[C@@H]2C1. The van der Waals surface area contributed by atoms with Crippen molar-refractivity contribution in [2.75, 3.05) is 13.7 Å². The molecule has 4 rings (SSSR count). The fraction of sp³-hybridized carbons (Fsp3) is 0.591. The lowest BCUT2D eigenvalue weighted by atomic mass is 9.72. The van der Waals surface area contributed by atoms with Crippen molar-refractivity contribution in [2.24, 2.45) is 11.8 Å². The number of rotatable bonds is 3. The number of carbonyl (C=O) groups is 3. The van der Waals surface area contributed by atoms with Gasteiger partial charge in [0.2, 0.25) is 11.6 Å². The van der Waals surface area contributed by atoms with E-state index < -0.39 is 53.3 Å². The van der Waals surface area contributed by atoms with Gasteiger partial charge in [-0.3, -0.25) is 9.59 Å². The summed E-state index contributed by atoms with van der Waals surface area (Å²) >= 11 is 0. The van der Waals surface area contributed by atoms with E-state index in [0.29, 0.717) is 5.56 Å². The van der Waals surface area contributed by atoms with E-state index in [1.807, 2.05) is 6.92 Å². The molecule has 31 heavy (non-hydrogen) atoms. The number of esters is 2. The Kier molecular flexibility index (Phi) is 5.63. The van der Waals surface area contributed by atoms with Crippen LogP contribution >= 0.6 is 0 Å². The molecule has 3 aliphatic rings. The zero-order chi connectivity index (χ0) is 22.4. The number of hydrogen-bond acceptors (Lipinski definition) is 9. The molecule has 9 heteroatoms. The van der Waals surface area contributed by atoms with E-state index in [1.54, 1.807) is 30.3 Å². The van der Waals surface area contributed by atoms with Crippen molar-refractivity contribution in [1.82, 2.24) is 0 Å². The van der Waals surface area contributed by atoms with Gasteiger partial charge in [0.25, 0.3) is 0 Å². The Labute approximate surface area is 179 Å². The Hall–Kier alpha value is -2.33. The first-order chi connectivity index (χ1) is 14.7. The standard InChI is InChI=1S/C22H26O9/c1-12-11-29-21(10-15(12)30-19(25)13-6-4-3-5-7-13)20(26)22(27)16(23)8-14(18(24)28-2)9-17(22)31-21/h3-7,12,14-17,23,27H,8-11H2,1-2H3/t12-,14+,15+,16-,17-,21+,22-/m1/s1. The molecule has 1 saturated carbocycles. The molecule has 0 aromatic heterocycles. The van der Waals surface area contributed by atoms with Gasteiger partial charge >= 0.3 is 11.9 Å². The predicted octanol–water partition coefficient (Wildman–Crippen LogP) is 0.608. The number of benzene rings is 1. The minimum Gasteiger partial charge on any atom is -0.469 e. The van der Waals surface area contributed by atoms with Crippen LogP contribution in [0.4, 0.5) is 0 Å². The number of fused-ring (bicyclic) bond motifs is 1. The van der Waals surface area contributed by atoms with Crippen LogP contribution in [0.5, 0.6) is 0 Å². The molecule has 1 aromatic rings. The maximum absolute atomic E-state index is 13.3. The number of ketones is 1. The Morgan fingerprint density at radius 2 is 1.90 bits per heavy atom. The lowest BCUT2D eigenvalue weighted by molar-refractivity contribution is -0.266. The van der Waals surface area contributed by atoms with Crippen molar-refractivity contribution < 1.29 is 43.5 Å². The van der Waals surface area contributed by atoms with Gasteiger partial charge in [-0.25, -0.2) is 4.79 Å². The predicted molar refractivity (Wildman–Crippen MR) is 104 cm³/mol. The Morgan fingerprint density at radius 1 is 1.19 bits per heavy atom. The van der Waals surface area contributed by atoms with Gasteiger partial charge in [0.05, 0.1) is 31.3 Å². The second-order valence-corrected chi connectivity index (χ2v) is 8.52. The largest absolute Gasteiger partial charge is 0.469 e. The maximum atomic E-state index is 13.3. The van der Waals surface area contributed by atoms with Gasteiger partial charge in [0.1, 0.15) is 12.2 Å². The average Bonchev–Trinajstić information content (AvgIpc) is 2.99. The summed E-state index contributed by atoms with van der Waals surface area (Å²) in [5, 5.41) is 21.6. The molecule has 0 radical (unpaired) electrons. The van der Waals surface area contributed by atoms with E-state index in [1.165, 1.54) is 7.11 Å². The molecule has 2 N–H and O–H groups in total. The molecule has 7 atom stereocenters. The van der Waals surface area contributed by atoms with Crippen LogP contribution in [0.15, 0.2) is 30.3 Å². The van der Waals surface area contributed by atoms with Crippen molar-refractivity contribution in [1.29, 1.82) is 0 Å². The molecule has 2 aliphatic heterocycles. The van der Waals surface area contributed by atoms with Crippen LogP contribution in [0.3, 0.4) is 0 Å². The third kappa shape index (κ3) is 3.55. The number of aliphatic hydroxyl groups is 2. The Balaban J connectivity index is 1.55. The third-order valence-corrected chi connectivity index (χ3v) is 6.53. The minimum absolute atomic E-state index is 0.00110. The van der Waals surface area contributed by atoms with Crippen LogP contribution in [0.25, 0.3) is 0 Å². The minimum atomic E-state index is -2.21. The van der Waals surface area contributed by atoms with E-state index in [2.05, 4.69) is 0 Å². The smallest absolute Gasteiger partial charge is 0.338 e. The summed E-state index contributed by atoms with van der Waals surface area (Å²) in [6, 6.07) is 8.46. The van der Waals surface area contributed by atoms with Gasteiger partial charge in [-0.2, -0.15) is 0 Å². The summed E-state index contributed by atoms with van der Waals surface area (Å²) in [5.41, 5.74) is -1.84. The van der Waals surface area contributed by atoms with E-state index in [0.717, 1.165) is 0 Å². The second-order valence-electron chi connectivity index (χ2n) is 8.52. The Bertz CT molecular complexity index is 871. The van der Waals surface area contributed by atoms with Gasteiger partial charge < -0.3 is 29.2 Å². The molecule has 1 aliphatic carbocycles. The van der Waals surface area contributed by atoms with Crippen LogP contribution < -0.4 is 0 Å². The number of Topliss-reactive ketones (excluding diaryl/α,β-unsaturated/α-hetero) is 1. The van der Waals surface area contributed by atoms with Gasteiger partial charge in [0.15, 0.2) is 5.60 Å². The summed E-state index contributed by atoms with van der Waals surface area (Å²) in [6.45, 7) is 1.87. The summed E-state index contributed by atoms with van der Waals surface area (Å²) in [4.78, 5) is 37.8. The number of ether oxygens (including phenoxy) is 4. The normalized spacial score (nSPS) is 39.7. The number of carbonyl (C=O) groups excluding carboxylic acids is 3. The first kappa shape index (κ1) is 21.9. The molecule has 9 nitrogen and oxygen atoms in total. The highest BCUT2D eigenvalue weighted by Crippen LogP contribution is 2.49. The average molecular weight is 434 g/mol. The highest BCUT2D eigenvalue weighted by atomic mass is 16.7. The number of hydrogen-bond donors (Lipinski definition) is 2. The molecule has 2 heterocycles. The van der Waals surface area contributed by atoms with E-state index in [9.17, 15) is 24.6 Å². The third-order valence-electron chi connectivity index (χ3n) is 6.53. The molecule has 0 bridgehead atoms. The molecule has 1 aromatic carbocycles. The molecular weight excluding hydrogens is 408 g/mol. The van der Waals surface area contributed by atoms with Gasteiger partial charge in [-0.05, 0) is 25.0 Å². The first-order valence-electron chi connectivity index (χ1n) is 10.3. The van der Waals surface area contributed by atoms with Crippen molar-refractivity contribution in [3.05, 3.63) is 35.9 Å². The number of methoxy groups -OCH3 is 1. The Morgan fingerprint density at radius 3 is 2.58 bits per heavy atom. The van der Waals surface area contributed by atoms with Crippen LogP contribution in [-0.2, 0) is 28.5 Å². The van der Waals surface area contributed by atoms with E-state index in [-0.39, 0.29) is 31.8 Å². The van der Waals surface area contributed by atoms with Gasteiger partial charge in [-0.1, -0.05) is 25.1 Å². The quantitative estimate of drug-likeness (QED) is 0.657. The molecule has 3 fully saturated rings. The van der Waals surface area contributed by atoms with Gasteiger partial charge in [-0.15, -0.1) is 0 Å². The second kappa shape index (κ2) is 7.98. The van der Waals surface area contributed by atoms with Crippen molar-refractivity contribution in [3.8, 4) is 0 Å². The maximum Gasteiger partial charge on any atom is 0.338 e. The topological polar surface area (TPSA) is 129 Å². The van der Waals surface area contributed by atoms with Gasteiger partial charge in [0, 0.05) is 12.3 Å². The van der Waals surface area contributed by atoms with Crippen LogP contribution in [-0.4, -0.2) is 71.4 Å². The van der Waals surface area contributed by atoms with Crippen LogP contribution in [0.1, 0.15) is 36.5 Å². The van der Waals surface area contributed by atoms with Crippen LogP contribution in [0, 0.1) is 11.8 Å². The molecule has 2 saturated heterocycles. The monoisotopic (exact) mass is 434 g/mol. The fourth-order valence-corrected chi connectivity index (χ4v) is 4.66. The van der Waals surface area contributed by atoms with Crippen molar-refractivity contribution >= 4 is 17.7 Å². The summed E-state index contributed by atoms with van der Waals surface area (Å²) < 4.78 is 22.0. The van der Waals surface area contributed by atoms with E-state index >= 15 is 0 Å². The molecular formula is C22H26O9. The zero-order valence-electron chi connectivity index (χ0n) is 17.4. The highest BCUT2D eigenvalue weighted by Gasteiger charge is 2.70. The fourth-order valence-electron chi connectivity index (χ4n) is 4.66. The summed E-state index contributed by atoms with van der Waals surface area (Å²) in [5.74, 6) is -4.71. The van der Waals surface area contributed by atoms with Crippen LogP contribution in [0.2, 0.25) is 0 Å². The molecule has 1 spiro atoms. The van der Waals surface area contributed by atoms with E-state index in [4.69, 9.17) is 18.9 Å². The van der Waals surface area contributed by atoms with Crippen molar-refractivity contribution in [3.63, 3.8) is 0 Å². The molecule has 0 amide bonds. The highest BCUT2D eigenvalue weighted by molar-refractivity contribution is 5.97. The molecule has 0 unspecified atom stereocenters. The summed E-state index contributed by atoms with van der Waals surface area (Å²) in [7, 11) is 1.23. The molecule has 168 valence electrons. The first-order valence-corrected chi connectivity index (χ1v) is 10.3. The zero-order valence-corrected chi connectivity index (χ0v) is 17.4.